The summed E-state index contributed by atoms with van der Waals surface area (Å²) in [6, 6.07) is 14.4. The fraction of sp³-hybridized carbons (Fsp3) is 0.350. The highest BCUT2D eigenvalue weighted by Crippen LogP contribution is 2.41. The van der Waals surface area contributed by atoms with Crippen molar-refractivity contribution in [3.63, 3.8) is 0 Å². The number of rotatable bonds is 2. The second-order valence-electron chi connectivity index (χ2n) is 6.68. The molecule has 0 N–H and O–H groups in total. The minimum atomic E-state index is -0.492. The lowest BCUT2D eigenvalue weighted by molar-refractivity contribution is -0.127. The Kier molecular flexibility index (Phi) is 4.73. The molecule has 0 bridgehead atoms. The molecule has 2 aliphatic heterocycles. The lowest BCUT2D eigenvalue weighted by Gasteiger charge is -2.39. The number of fused-ring (bicyclic) bond motifs is 1. The third kappa shape index (κ3) is 3.07. The average molecular weight is 465 g/mol. The van der Waals surface area contributed by atoms with Crippen LogP contribution in [-0.2, 0) is 21.4 Å². The standard InChI is InChI=1S/C20H19Br2NO2/c21-16-3-1-15(2-4-16)20(8-11-25-12-9-20)19(24)23-10-7-14-13-17(22)5-6-18(14)23/h1-6,13H,7-12H2. The van der Waals surface area contributed by atoms with Crippen molar-refractivity contribution in [3.05, 3.63) is 62.5 Å². The molecule has 2 heterocycles. The maximum absolute atomic E-state index is 13.7. The van der Waals surface area contributed by atoms with Crippen molar-refractivity contribution in [2.24, 2.45) is 0 Å². The molecule has 0 radical (unpaired) electrons. The van der Waals surface area contributed by atoms with Crippen LogP contribution in [0.1, 0.15) is 24.0 Å². The molecule has 130 valence electrons. The van der Waals surface area contributed by atoms with E-state index < -0.39 is 5.41 Å². The monoisotopic (exact) mass is 463 g/mol. The van der Waals surface area contributed by atoms with Gasteiger partial charge in [0.2, 0.25) is 5.91 Å². The zero-order valence-corrected chi connectivity index (χ0v) is 17.0. The first kappa shape index (κ1) is 17.3. The summed E-state index contributed by atoms with van der Waals surface area (Å²) in [4.78, 5) is 15.7. The molecule has 0 atom stereocenters. The molecule has 2 aromatic rings. The van der Waals surface area contributed by atoms with Crippen LogP contribution < -0.4 is 4.90 Å². The normalized spacial score (nSPS) is 18.9. The second-order valence-corrected chi connectivity index (χ2v) is 8.51. The Labute approximate surface area is 164 Å². The van der Waals surface area contributed by atoms with Crippen molar-refractivity contribution in [2.75, 3.05) is 24.7 Å². The summed E-state index contributed by atoms with van der Waals surface area (Å²) in [6.07, 6.45) is 2.37. The number of ether oxygens (including phenoxy) is 1. The lowest BCUT2D eigenvalue weighted by Crippen LogP contribution is -2.49. The Bertz CT molecular complexity index is 798. The number of halogens is 2. The molecule has 0 aliphatic carbocycles. The van der Waals surface area contributed by atoms with Crippen LogP contribution in [0.4, 0.5) is 5.69 Å². The highest BCUT2D eigenvalue weighted by molar-refractivity contribution is 9.10. The van der Waals surface area contributed by atoms with Crippen LogP contribution in [0.15, 0.2) is 51.4 Å². The van der Waals surface area contributed by atoms with Gasteiger partial charge in [0.25, 0.3) is 0 Å². The Morgan fingerprint density at radius 1 is 1.00 bits per heavy atom. The van der Waals surface area contributed by atoms with E-state index in [1.54, 1.807) is 0 Å². The summed E-state index contributed by atoms with van der Waals surface area (Å²) in [5.74, 6) is 0.208. The summed E-state index contributed by atoms with van der Waals surface area (Å²) in [5, 5.41) is 0. The van der Waals surface area contributed by atoms with E-state index in [9.17, 15) is 4.79 Å². The summed E-state index contributed by atoms with van der Waals surface area (Å²) < 4.78 is 7.68. The van der Waals surface area contributed by atoms with Gasteiger partial charge in [-0.05, 0) is 60.7 Å². The van der Waals surface area contributed by atoms with E-state index in [0.29, 0.717) is 13.2 Å². The molecule has 5 heteroatoms. The Morgan fingerprint density at radius 3 is 2.40 bits per heavy atom. The highest BCUT2D eigenvalue weighted by Gasteiger charge is 2.45. The number of nitrogens with zero attached hydrogens (tertiary/aromatic N) is 1. The second kappa shape index (κ2) is 6.86. The van der Waals surface area contributed by atoms with Crippen LogP contribution in [0.5, 0.6) is 0 Å². The van der Waals surface area contributed by atoms with Gasteiger partial charge < -0.3 is 9.64 Å². The Hall–Kier alpha value is -1.17. The van der Waals surface area contributed by atoms with Crippen LogP contribution in [0.2, 0.25) is 0 Å². The number of anilines is 1. The summed E-state index contributed by atoms with van der Waals surface area (Å²) in [7, 11) is 0. The number of carbonyl (C=O) groups excluding carboxylic acids is 1. The van der Waals surface area contributed by atoms with Crippen LogP contribution >= 0.6 is 31.9 Å². The molecule has 3 nitrogen and oxygen atoms in total. The molecule has 1 saturated heterocycles. The number of hydrogen-bond donors (Lipinski definition) is 0. The fourth-order valence-electron chi connectivity index (χ4n) is 3.95. The summed E-state index contributed by atoms with van der Waals surface area (Å²) in [5.41, 5.74) is 2.89. The molecule has 25 heavy (non-hydrogen) atoms. The van der Waals surface area contributed by atoms with Crippen molar-refractivity contribution in [3.8, 4) is 0 Å². The predicted octanol–water partition coefficient (Wildman–Crippen LogP) is 4.85. The minimum Gasteiger partial charge on any atom is -0.381 e. The van der Waals surface area contributed by atoms with E-state index in [4.69, 9.17) is 4.74 Å². The molecule has 1 amide bonds. The molecule has 0 saturated carbocycles. The third-order valence-corrected chi connectivity index (χ3v) is 6.36. The number of hydrogen-bond acceptors (Lipinski definition) is 2. The van der Waals surface area contributed by atoms with Gasteiger partial charge in [-0.3, -0.25) is 4.79 Å². The van der Waals surface area contributed by atoms with Gasteiger partial charge in [-0.1, -0.05) is 44.0 Å². The van der Waals surface area contributed by atoms with Gasteiger partial charge in [0.15, 0.2) is 0 Å². The van der Waals surface area contributed by atoms with E-state index in [0.717, 1.165) is 46.0 Å². The first-order valence-corrected chi connectivity index (χ1v) is 10.1. The molecule has 0 spiro atoms. The SMILES string of the molecule is O=C(N1CCc2cc(Br)ccc21)C1(c2ccc(Br)cc2)CCOCC1. The Morgan fingerprint density at radius 2 is 1.68 bits per heavy atom. The maximum atomic E-state index is 13.7. The van der Waals surface area contributed by atoms with Gasteiger partial charge in [-0.25, -0.2) is 0 Å². The molecule has 1 fully saturated rings. The lowest BCUT2D eigenvalue weighted by atomic mass is 9.73. The van der Waals surface area contributed by atoms with Gasteiger partial charge in [-0.2, -0.15) is 0 Å². The number of carbonyl (C=O) groups is 1. The molecule has 2 aromatic carbocycles. The predicted molar refractivity (Wildman–Crippen MR) is 106 cm³/mol. The summed E-state index contributed by atoms with van der Waals surface area (Å²) in [6.45, 7) is 2.01. The van der Waals surface area contributed by atoms with Crippen LogP contribution in [0, 0.1) is 0 Å². The van der Waals surface area contributed by atoms with Crippen molar-refractivity contribution >= 4 is 43.5 Å². The van der Waals surface area contributed by atoms with Crippen LogP contribution in [0.25, 0.3) is 0 Å². The van der Waals surface area contributed by atoms with E-state index in [1.165, 1.54) is 5.56 Å². The highest BCUT2D eigenvalue weighted by atomic mass is 79.9. The maximum Gasteiger partial charge on any atom is 0.237 e. The van der Waals surface area contributed by atoms with Crippen molar-refractivity contribution in [1.29, 1.82) is 0 Å². The van der Waals surface area contributed by atoms with Gasteiger partial charge >= 0.3 is 0 Å². The largest absolute Gasteiger partial charge is 0.381 e. The van der Waals surface area contributed by atoms with Gasteiger partial charge in [-0.15, -0.1) is 0 Å². The smallest absolute Gasteiger partial charge is 0.237 e. The van der Waals surface area contributed by atoms with Crippen molar-refractivity contribution in [1.82, 2.24) is 0 Å². The first-order chi connectivity index (χ1) is 12.1. The number of amides is 1. The third-order valence-electron chi connectivity index (χ3n) is 5.33. The zero-order valence-electron chi connectivity index (χ0n) is 13.8. The van der Waals surface area contributed by atoms with E-state index >= 15 is 0 Å². The van der Waals surface area contributed by atoms with Crippen LogP contribution in [0.3, 0.4) is 0 Å². The minimum absolute atomic E-state index is 0.208. The molecule has 4 rings (SSSR count). The van der Waals surface area contributed by atoms with Crippen molar-refractivity contribution in [2.45, 2.75) is 24.7 Å². The van der Waals surface area contributed by atoms with E-state index in [1.807, 2.05) is 23.1 Å². The quantitative estimate of drug-likeness (QED) is 0.635. The summed E-state index contributed by atoms with van der Waals surface area (Å²) >= 11 is 7.02. The molecular formula is C20H19Br2NO2. The van der Waals surface area contributed by atoms with Gasteiger partial charge in [0.05, 0.1) is 5.41 Å². The molecular weight excluding hydrogens is 446 g/mol. The molecule has 0 unspecified atom stereocenters. The van der Waals surface area contributed by atoms with Crippen LogP contribution in [-0.4, -0.2) is 25.7 Å². The van der Waals surface area contributed by atoms with Gasteiger partial charge in [0.1, 0.15) is 0 Å². The van der Waals surface area contributed by atoms with Crippen molar-refractivity contribution < 1.29 is 9.53 Å². The van der Waals surface area contributed by atoms with E-state index in [2.05, 4.69) is 56.1 Å². The van der Waals surface area contributed by atoms with E-state index in [-0.39, 0.29) is 5.91 Å². The Balaban J connectivity index is 1.74. The molecule has 0 aromatic heterocycles. The molecule has 2 aliphatic rings. The fourth-order valence-corrected chi connectivity index (χ4v) is 4.63. The zero-order chi connectivity index (χ0) is 17.4. The number of benzene rings is 2. The van der Waals surface area contributed by atoms with Gasteiger partial charge in [0, 0.05) is 34.4 Å². The average Bonchev–Trinajstić information content (AvgIpc) is 3.05. The first-order valence-electron chi connectivity index (χ1n) is 8.54. The topological polar surface area (TPSA) is 29.5 Å².